The van der Waals surface area contributed by atoms with Crippen LogP contribution in [0.1, 0.15) is 33.6 Å². The molecule has 0 spiro atoms. The normalized spacial score (nSPS) is 12.7. The third kappa shape index (κ3) is 3.28. The Morgan fingerprint density at radius 2 is 2.04 bits per heavy atom. The number of fused-ring (bicyclic) bond motifs is 3. The van der Waals surface area contributed by atoms with Crippen molar-refractivity contribution < 1.29 is 4.79 Å². The van der Waals surface area contributed by atoms with E-state index in [1.807, 2.05) is 31.4 Å². The van der Waals surface area contributed by atoms with Crippen molar-refractivity contribution in [3.8, 4) is 11.4 Å². The van der Waals surface area contributed by atoms with Gasteiger partial charge in [-0.05, 0) is 30.4 Å². The fourth-order valence-corrected chi connectivity index (χ4v) is 3.51. The molecule has 0 saturated carbocycles. The maximum atomic E-state index is 12.2. The van der Waals surface area contributed by atoms with Crippen LogP contribution in [0.3, 0.4) is 0 Å². The smallest absolute Gasteiger partial charge is 0.271 e. The Morgan fingerprint density at radius 3 is 2.81 bits per heavy atom. The van der Waals surface area contributed by atoms with Gasteiger partial charge in [0.15, 0.2) is 5.69 Å². The summed E-state index contributed by atoms with van der Waals surface area (Å²) in [5.41, 5.74) is 5.47. The zero-order valence-electron chi connectivity index (χ0n) is 15.5. The Labute approximate surface area is 157 Å². The van der Waals surface area contributed by atoms with Gasteiger partial charge in [0, 0.05) is 32.4 Å². The SMILES string of the molecule is CNC(=O)c1nn(C)c2c1CCCc1cnc(NCc3ccccc3)nc1-2. The van der Waals surface area contributed by atoms with Crippen LogP contribution in [0, 0.1) is 0 Å². The molecule has 138 valence electrons. The molecule has 2 aromatic heterocycles. The van der Waals surface area contributed by atoms with Crippen LogP contribution in [0.2, 0.25) is 0 Å². The van der Waals surface area contributed by atoms with E-state index in [0.717, 1.165) is 41.8 Å². The van der Waals surface area contributed by atoms with Crippen molar-refractivity contribution >= 4 is 11.9 Å². The molecule has 3 aromatic rings. The lowest BCUT2D eigenvalue weighted by Gasteiger charge is -2.10. The molecule has 0 radical (unpaired) electrons. The number of rotatable bonds is 4. The summed E-state index contributed by atoms with van der Waals surface area (Å²) in [5, 5.41) is 10.4. The zero-order valence-corrected chi connectivity index (χ0v) is 15.5. The number of nitrogens with one attached hydrogen (secondary N) is 2. The van der Waals surface area contributed by atoms with E-state index in [9.17, 15) is 4.79 Å². The van der Waals surface area contributed by atoms with E-state index in [-0.39, 0.29) is 5.91 Å². The molecule has 7 heteroatoms. The van der Waals surface area contributed by atoms with Gasteiger partial charge in [-0.15, -0.1) is 0 Å². The zero-order chi connectivity index (χ0) is 18.8. The van der Waals surface area contributed by atoms with E-state index in [4.69, 9.17) is 4.98 Å². The predicted octanol–water partition coefficient (Wildman–Crippen LogP) is 2.34. The second-order valence-corrected chi connectivity index (χ2v) is 6.64. The molecule has 0 saturated heterocycles. The molecule has 2 N–H and O–H groups in total. The van der Waals surface area contributed by atoms with Gasteiger partial charge < -0.3 is 10.6 Å². The van der Waals surface area contributed by atoms with Crippen LogP contribution in [0.15, 0.2) is 36.5 Å². The molecular weight excluding hydrogens is 340 g/mol. The highest BCUT2D eigenvalue weighted by Gasteiger charge is 2.27. The molecule has 1 amide bonds. The van der Waals surface area contributed by atoms with Crippen LogP contribution in [-0.2, 0) is 26.4 Å². The first-order valence-corrected chi connectivity index (χ1v) is 9.09. The summed E-state index contributed by atoms with van der Waals surface area (Å²) < 4.78 is 1.76. The Hall–Kier alpha value is -3.22. The molecular formula is C20H22N6O. The summed E-state index contributed by atoms with van der Waals surface area (Å²) in [6, 6.07) is 10.1. The fourth-order valence-electron chi connectivity index (χ4n) is 3.51. The summed E-state index contributed by atoms with van der Waals surface area (Å²) >= 11 is 0. The number of carbonyl (C=O) groups is 1. The maximum Gasteiger partial charge on any atom is 0.271 e. The van der Waals surface area contributed by atoms with Crippen molar-refractivity contribution in [2.24, 2.45) is 7.05 Å². The Balaban J connectivity index is 1.71. The lowest BCUT2D eigenvalue weighted by molar-refractivity contribution is 0.0956. The van der Waals surface area contributed by atoms with Crippen molar-refractivity contribution in [1.82, 2.24) is 25.1 Å². The molecule has 0 aliphatic heterocycles. The monoisotopic (exact) mass is 362 g/mol. The van der Waals surface area contributed by atoms with Gasteiger partial charge in [0.05, 0.1) is 11.4 Å². The number of amides is 1. The average Bonchev–Trinajstić information content (AvgIpc) is 2.91. The molecule has 1 aliphatic rings. The number of benzene rings is 1. The lowest BCUT2D eigenvalue weighted by Crippen LogP contribution is -2.20. The van der Waals surface area contributed by atoms with Gasteiger partial charge in [-0.3, -0.25) is 9.48 Å². The van der Waals surface area contributed by atoms with Gasteiger partial charge in [0.25, 0.3) is 5.91 Å². The molecule has 0 atom stereocenters. The number of aryl methyl sites for hydroxylation is 2. The van der Waals surface area contributed by atoms with Crippen LogP contribution >= 0.6 is 0 Å². The van der Waals surface area contributed by atoms with Gasteiger partial charge in [-0.25, -0.2) is 9.97 Å². The second kappa shape index (κ2) is 7.19. The topological polar surface area (TPSA) is 84.7 Å². The number of nitrogens with zero attached hydrogens (tertiary/aromatic N) is 4. The maximum absolute atomic E-state index is 12.2. The number of aromatic nitrogens is 4. The molecule has 4 rings (SSSR count). The van der Waals surface area contributed by atoms with Crippen LogP contribution in [-0.4, -0.2) is 32.7 Å². The fraction of sp³-hybridized carbons (Fsp3) is 0.300. The van der Waals surface area contributed by atoms with Crippen molar-refractivity contribution in [3.05, 3.63) is 58.9 Å². The first-order valence-electron chi connectivity index (χ1n) is 9.09. The summed E-state index contributed by atoms with van der Waals surface area (Å²) in [5.74, 6) is 0.417. The van der Waals surface area contributed by atoms with Crippen LogP contribution in [0.25, 0.3) is 11.4 Å². The molecule has 27 heavy (non-hydrogen) atoms. The van der Waals surface area contributed by atoms with Crippen LogP contribution < -0.4 is 10.6 Å². The summed E-state index contributed by atoms with van der Waals surface area (Å²) in [7, 11) is 3.49. The molecule has 0 unspecified atom stereocenters. The first kappa shape index (κ1) is 17.2. The highest BCUT2D eigenvalue weighted by Crippen LogP contribution is 2.33. The average molecular weight is 362 g/mol. The first-order chi connectivity index (χ1) is 13.2. The van der Waals surface area contributed by atoms with E-state index in [1.54, 1.807) is 11.7 Å². The Kier molecular flexibility index (Phi) is 4.58. The number of carbonyl (C=O) groups excluding carboxylic acids is 1. The Bertz CT molecular complexity index is 980. The lowest BCUT2D eigenvalue weighted by atomic mass is 10.1. The van der Waals surface area contributed by atoms with Gasteiger partial charge >= 0.3 is 0 Å². The third-order valence-corrected chi connectivity index (χ3v) is 4.84. The summed E-state index contributed by atoms with van der Waals surface area (Å²) in [6.07, 6.45) is 4.51. The molecule has 0 bridgehead atoms. The number of hydrogen-bond donors (Lipinski definition) is 2. The molecule has 1 aromatic carbocycles. The number of anilines is 1. The van der Waals surface area contributed by atoms with E-state index in [0.29, 0.717) is 18.2 Å². The van der Waals surface area contributed by atoms with Crippen molar-refractivity contribution in [2.45, 2.75) is 25.8 Å². The van der Waals surface area contributed by atoms with Crippen molar-refractivity contribution in [2.75, 3.05) is 12.4 Å². The molecule has 0 fully saturated rings. The molecule has 2 heterocycles. The highest BCUT2D eigenvalue weighted by atomic mass is 16.1. The minimum absolute atomic E-state index is 0.160. The van der Waals surface area contributed by atoms with E-state index in [1.165, 1.54) is 5.56 Å². The van der Waals surface area contributed by atoms with Gasteiger partial charge in [0.1, 0.15) is 0 Å². The van der Waals surface area contributed by atoms with Gasteiger partial charge in [-0.1, -0.05) is 30.3 Å². The number of hydrogen-bond acceptors (Lipinski definition) is 5. The van der Waals surface area contributed by atoms with E-state index >= 15 is 0 Å². The standard InChI is InChI=1S/C20H22N6O/c1-21-19(27)17-15-10-6-9-14-12-23-20(22-11-13-7-4-3-5-8-13)24-16(14)18(15)26(2)25-17/h3-5,7-8,12H,6,9-11H2,1-2H3,(H,21,27)(H,22,23,24). The second-order valence-electron chi connectivity index (χ2n) is 6.64. The van der Waals surface area contributed by atoms with E-state index < -0.39 is 0 Å². The third-order valence-electron chi connectivity index (χ3n) is 4.84. The van der Waals surface area contributed by atoms with Gasteiger partial charge in [0.2, 0.25) is 5.95 Å². The highest BCUT2D eigenvalue weighted by molar-refractivity contribution is 5.95. The van der Waals surface area contributed by atoms with E-state index in [2.05, 4.69) is 32.8 Å². The summed E-state index contributed by atoms with van der Waals surface area (Å²) in [6.45, 7) is 0.654. The Morgan fingerprint density at radius 1 is 1.22 bits per heavy atom. The quantitative estimate of drug-likeness (QED) is 0.744. The summed E-state index contributed by atoms with van der Waals surface area (Å²) in [4.78, 5) is 21.5. The predicted molar refractivity (Wildman–Crippen MR) is 103 cm³/mol. The molecule has 1 aliphatic carbocycles. The van der Waals surface area contributed by atoms with Crippen LogP contribution in [0.4, 0.5) is 5.95 Å². The van der Waals surface area contributed by atoms with Crippen molar-refractivity contribution in [3.63, 3.8) is 0 Å². The minimum atomic E-state index is -0.160. The van der Waals surface area contributed by atoms with Crippen molar-refractivity contribution in [1.29, 1.82) is 0 Å². The van der Waals surface area contributed by atoms with Crippen LogP contribution in [0.5, 0.6) is 0 Å². The van der Waals surface area contributed by atoms with Gasteiger partial charge in [-0.2, -0.15) is 5.10 Å². The molecule has 7 nitrogen and oxygen atoms in total. The minimum Gasteiger partial charge on any atom is -0.354 e. The largest absolute Gasteiger partial charge is 0.354 e.